The van der Waals surface area contributed by atoms with Crippen molar-refractivity contribution < 1.29 is 9.90 Å². The van der Waals surface area contributed by atoms with Gasteiger partial charge in [-0.05, 0) is 37.8 Å². The van der Waals surface area contributed by atoms with E-state index in [0.29, 0.717) is 13.0 Å². The van der Waals surface area contributed by atoms with Crippen LogP contribution in [0.3, 0.4) is 0 Å². The second kappa shape index (κ2) is 8.20. The minimum absolute atomic E-state index is 0.00704. The summed E-state index contributed by atoms with van der Waals surface area (Å²) in [7, 11) is 2.09. The van der Waals surface area contributed by atoms with Gasteiger partial charge < -0.3 is 20.2 Å². The lowest BCUT2D eigenvalue weighted by Gasteiger charge is -2.31. The maximum absolute atomic E-state index is 12.7. The molecule has 0 aromatic heterocycles. The highest BCUT2D eigenvalue weighted by Gasteiger charge is 2.29. The van der Waals surface area contributed by atoms with Gasteiger partial charge in [0.05, 0.1) is 6.04 Å². The van der Waals surface area contributed by atoms with E-state index in [2.05, 4.69) is 36.3 Å². The molecule has 5 heteroatoms. The van der Waals surface area contributed by atoms with Crippen molar-refractivity contribution in [3.8, 4) is 0 Å². The van der Waals surface area contributed by atoms with Gasteiger partial charge in [-0.25, -0.2) is 4.79 Å². The quantitative estimate of drug-likeness (QED) is 0.877. The lowest BCUT2D eigenvalue weighted by Crippen LogP contribution is -2.50. The van der Waals surface area contributed by atoms with Crippen LogP contribution in [0.15, 0.2) is 24.3 Å². The van der Waals surface area contributed by atoms with Gasteiger partial charge in [-0.3, -0.25) is 0 Å². The number of nitrogens with zero attached hydrogens (tertiary/aromatic N) is 2. The fourth-order valence-corrected chi connectivity index (χ4v) is 3.19. The van der Waals surface area contributed by atoms with Gasteiger partial charge in [0.15, 0.2) is 0 Å². The van der Waals surface area contributed by atoms with E-state index in [4.69, 9.17) is 5.11 Å². The number of fused-ring (bicyclic) bond motifs is 1. The van der Waals surface area contributed by atoms with Crippen LogP contribution in [0.2, 0.25) is 0 Å². The third-order valence-electron chi connectivity index (χ3n) is 4.57. The molecule has 2 unspecified atom stereocenters. The van der Waals surface area contributed by atoms with E-state index in [9.17, 15) is 4.79 Å². The molecule has 1 heterocycles. The summed E-state index contributed by atoms with van der Waals surface area (Å²) in [6.07, 6.45) is 2.43. The van der Waals surface area contributed by atoms with Gasteiger partial charge in [-0.1, -0.05) is 25.1 Å². The molecule has 2 atom stereocenters. The Morgan fingerprint density at radius 1 is 1.43 bits per heavy atom. The molecule has 128 valence electrons. The summed E-state index contributed by atoms with van der Waals surface area (Å²) in [4.78, 5) is 16.9. The van der Waals surface area contributed by atoms with Crippen molar-refractivity contribution in [1.29, 1.82) is 0 Å². The molecule has 0 radical (unpaired) electrons. The summed E-state index contributed by atoms with van der Waals surface area (Å²) in [5.41, 5.74) is 2.39. The van der Waals surface area contributed by atoms with Crippen LogP contribution in [0.5, 0.6) is 0 Å². The highest BCUT2D eigenvalue weighted by molar-refractivity contribution is 5.75. The second-order valence-electron chi connectivity index (χ2n) is 6.42. The van der Waals surface area contributed by atoms with Crippen molar-refractivity contribution in [2.24, 2.45) is 0 Å². The van der Waals surface area contributed by atoms with Crippen LogP contribution >= 0.6 is 0 Å². The van der Waals surface area contributed by atoms with Gasteiger partial charge in [0, 0.05) is 38.5 Å². The van der Waals surface area contributed by atoms with Crippen LogP contribution in [0.25, 0.3) is 0 Å². The van der Waals surface area contributed by atoms with Crippen LogP contribution in [0.4, 0.5) is 10.5 Å². The molecular weight excluding hydrogens is 290 g/mol. The average Bonchev–Trinajstić information content (AvgIpc) is 2.69. The van der Waals surface area contributed by atoms with E-state index in [1.165, 1.54) is 11.3 Å². The lowest BCUT2D eigenvalue weighted by atomic mass is 10.1. The van der Waals surface area contributed by atoms with Gasteiger partial charge in [0.1, 0.15) is 0 Å². The first-order valence-corrected chi connectivity index (χ1v) is 8.53. The SMILES string of the molecule is CCC1CN(C)c2ccccc2CN1C(=O)NC(C)CCCO. The van der Waals surface area contributed by atoms with E-state index in [0.717, 1.165) is 19.4 Å². The van der Waals surface area contributed by atoms with Crippen molar-refractivity contribution in [1.82, 2.24) is 10.2 Å². The Morgan fingerprint density at radius 2 is 2.17 bits per heavy atom. The number of benzene rings is 1. The molecule has 2 rings (SSSR count). The number of carbonyl (C=O) groups excluding carboxylic acids is 1. The van der Waals surface area contributed by atoms with E-state index < -0.39 is 0 Å². The number of rotatable bonds is 5. The van der Waals surface area contributed by atoms with Crippen molar-refractivity contribution >= 4 is 11.7 Å². The number of hydrogen-bond acceptors (Lipinski definition) is 3. The fourth-order valence-electron chi connectivity index (χ4n) is 3.19. The summed E-state index contributed by atoms with van der Waals surface area (Å²) in [6.45, 7) is 5.76. The number of amides is 2. The number of aliphatic hydroxyl groups excluding tert-OH is 1. The zero-order valence-corrected chi connectivity index (χ0v) is 14.5. The highest BCUT2D eigenvalue weighted by Crippen LogP contribution is 2.27. The van der Waals surface area contributed by atoms with E-state index in [-0.39, 0.29) is 24.7 Å². The largest absolute Gasteiger partial charge is 0.396 e. The second-order valence-corrected chi connectivity index (χ2v) is 6.42. The Labute approximate surface area is 139 Å². The van der Waals surface area contributed by atoms with Crippen LogP contribution in [0, 0.1) is 0 Å². The van der Waals surface area contributed by atoms with E-state index in [1.807, 2.05) is 24.0 Å². The van der Waals surface area contributed by atoms with Gasteiger partial charge in [-0.2, -0.15) is 0 Å². The van der Waals surface area contributed by atoms with Crippen molar-refractivity contribution in [2.75, 3.05) is 25.1 Å². The molecule has 0 aliphatic carbocycles. The summed E-state index contributed by atoms with van der Waals surface area (Å²) in [5.74, 6) is 0. The van der Waals surface area contributed by atoms with Gasteiger partial charge in [0.2, 0.25) is 0 Å². The first-order valence-electron chi connectivity index (χ1n) is 8.53. The molecular formula is C18H29N3O2. The Bertz CT molecular complexity index is 521. The zero-order valence-electron chi connectivity index (χ0n) is 14.5. The highest BCUT2D eigenvalue weighted by atomic mass is 16.3. The number of carbonyl (C=O) groups is 1. The molecule has 2 N–H and O–H groups in total. The fraction of sp³-hybridized carbons (Fsp3) is 0.611. The molecule has 0 spiro atoms. The number of nitrogens with one attached hydrogen (secondary N) is 1. The molecule has 1 aliphatic rings. The molecule has 2 amide bonds. The summed E-state index contributed by atoms with van der Waals surface area (Å²) < 4.78 is 0. The van der Waals surface area contributed by atoms with Crippen molar-refractivity contribution in [3.63, 3.8) is 0 Å². The Balaban J connectivity index is 2.14. The maximum atomic E-state index is 12.7. The molecule has 5 nitrogen and oxygen atoms in total. The van der Waals surface area contributed by atoms with Crippen LogP contribution in [0.1, 0.15) is 38.7 Å². The van der Waals surface area contributed by atoms with Crippen molar-refractivity contribution in [2.45, 2.75) is 51.7 Å². The molecule has 1 aliphatic heterocycles. The Kier molecular flexibility index (Phi) is 6.28. The van der Waals surface area contributed by atoms with E-state index in [1.54, 1.807) is 0 Å². The third kappa shape index (κ3) is 4.38. The predicted molar refractivity (Wildman–Crippen MR) is 93.6 cm³/mol. The van der Waals surface area contributed by atoms with Gasteiger partial charge >= 0.3 is 6.03 Å². The molecule has 0 saturated carbocycles. The zero-order chi connectivity index (χ0) is 16.8. The molecule has 1 aromatic rings. The summed E-state index contributed by atoms with van der Waals surface area (Å²) in [5, 5.41) is 12.0. The van der Waals surface area contributed by atoms with E-state index >= 15 is 0 Å². The minimum Gasteiger partial charge on any atom is -0.396 e. The molecule has 0 bridgehead atoms. The molecule has 0 saturated heterocycles. The number of likely N-dealkylation sites (N-methyl/N-ethyl adjacent to an activating group) is 1. The lowest BCUT2D eigenvalue weighted by molar-refractivity contribution is 0.167. The monoisotopic (exact) mass is 319 g/mol. The standard InChI is InChI=1S/C18H29N3O2/c1-4-16-13-20(3)17-10-6-5-9-15(17)12-21(16)18(23)19-14(2)8-7-11-22/h5-6,9-10,14,16,22H,4,7-8,11-13H2,1-3H3,(H,19,23). The number of para-hydroxylation sites is 1. The Hall–Kier alpha value is -1.75. The normalized spacial score (nSPS) is 19.0. The first-order chi connectivity index (χ1) is 11.1. The third-order valence-corrected chi connectivity index (χ3v) is 4.57. The van der Waals surface area contributed by atoms with Crippen LogP contribution in [-0.4, -0.2) is 48.3 Å². The summed E-state index contributed by atoms with van der Waals surface area (Å²) >= 11 is 0. The van der Waals surface area contributed by atoms with Crippen molar-refractivity contribution in [3.05, 3.63) is 29.8 Å². The maximum Gasteiger partial charge on any atom is 0.318 e. The van der Waals surface area contributed by atoms with Crippen LogP contribution < -0.4 is 10.2 Å². The molecule has 0 fully saturated rings. The topological polar surface area (TPSA) is 55.8 Å². The number of hydrogen-bond donors (Lipinski definition) is 2. The van der Waals surface area contributed by atoms with Gasteiger partial charge in [-0.15, -0.1) is 0 Å². The first kappa shape index (κ1) is 17.6. The number of anilines is 1. The molecule has 23 heavy (non-hydrogen) atoms. The number of urea groups is 1. The summed E-state index contributed by atoms with van der Waals surface area (Å²) in [6, 6.07) is 8.54. The predicted octanol–water partition coefficient (Wildman–Crippen LogP) is 2.59. The molecule has 1 aromatic carbocycles. The average molecular weight is 319 g/mol. The Morgan fingerprint density at radius 3 is 2.87 bits per heavy atom. The smallest absolute Gasteiger partial charge is 0.318 e. The minimum atomic E-state index is -0.00704. The van der Waals surface area contributed by atoms with Crippen LogP contribution in [-0.2, 0) is 6.54 Å². The number of aliphatic hydroxyl groups is 1. The van der Waals surface area contributed by atoms with Gasteiger partial charge in [0.25, 0.3) is 0 Å².